The minimum absolute atomic E-state index is 0.201. The van der Waals surface area contributed by atoms with Crippen LogP contribution in [0.1, 0.15) is 39.0 Å². The van der Waals surface area contributed by atoms with Crippen molar-refractivity contribution in [3.05, 3.63) is 0 Å². The van der Waals surface area contributed by atoms with Crippen molar-refractivity contribution < 1.29 is 19.4 Å². The van der Waals surface area contributed by atoms with E-state index in [9.17, 15) is 9.59 Å². The van der Waals surface area contributed by atoms with Gasteiger partial charge < -0.3 is 14.7 Å². The number of unbranched alkanes of at least 4 members (excludes halogenated alkanes) is 1. The third-order valence-electron chi connectivity index (χ3n) is 3.06. The Morgan fingerprint density at radius 1 is 1.35 bits per heavy atom. The third kappa shape index (κ3) is 5.06. The van der Waals surface area contributed by atoms with Crippen LogP contribution in [0.25, 0.3) is 0 Å². The zero-order valence-electron chi connectivity index (χ0n) is 10.4. The molecule has 1 heterocycles. The molecule has 1 rings (SSSR count). The molecule has 0 aliphatic carbocycles. The Labute approximate surface area is 102 Å². The third-order valence-corrected chi connectivity index (χ3v) is 3.06. The average molecular weight is 243 g/mol. The number of carboxylic acid groups (broad SMARTS) is 1. The van der Waals surface area contributed by atoms with Crippen LogP contribution in [0.2, 0.25) is 0 Å². The highest BCUT2D eigenvalue weighted by Gasteiger charge is 2.24. The largest absolute Gasteiger partial charge is 0.481 e. The van der Waals surface area contributed by atoms with Crippen LogP contribution in [0.3, 0.4) is 0 Å². The summed E-state index contributed by atoms with van der Waals surface area (Å²) in [4.78, 5) is 23.8. The molecule has 0 aromatic heterocycles. The molecule has 1 aliphatic heterocycles. The maximum Gasteiger partial charge on any atom is 0.409 e. The van der Waals surface area contributed by atoms with E-state index in [-0.39, 0.29) is 18.4 Å². The number of hydrogen-bond acceptors (Lipinski definition) is 3. The summed E-state index contributed by atoms with van der Waals surface area (Å²) in [5.41, 5.74) is 0. The standard InChI is InChI=1S/C12H21NO4/c1-2-3-8-17-12(16)13-6-4-10(5-7-13)9-11(14)15/h10H,2-9H2,1H3,(H,14,15). The second-order valence-electron chi connectivity index (χ2n) is 4.50. The number of likely N-dealkylation sites (tertiary alicyclic amines) is 1. The summed E-state index contributed by atoms with van der Waals surface area (Å²) in [7, 11) is 0. The van der Waals surface area contributed by atoms with Crippen LogP contribution >= 0.6 is 0 Å². The molecule has 1 saturated heterocycles. The van der Waals surface area contributed by atoms with Gasteiger partial charge in [-0.2, -0.15) is 0 Å². The highest BCUT2D eigenvalue weighted by Crippen LogP contribution is 2.20. The Balaban J connectivity index is 2.21. The number of amides is 1. The van der Waals surface area contributed by atoms with Crippen molar-refractivity contribution in [1.29, 1.82) is 0 Å². The predicted molar refractivity (Wildman–Crippen MR) is 62.8 cm³/mol. The molecule has 1 N–H and O–H groups in total. The maximum atomic E-state index is 11.6. The minimum Gasteiger partial charge on any atom is -0.481 e. The zero-order chi connectivity index (χ0) is 12.7. The Morgan fingerprint density at radius 2 is 2.00 bits per heavy atom. The van der Waals surface area contributed by atoms with Crippen molar-refractivity contribution in [2.45, 2.75) is 39.0 Å². The molecule has 0 unspecified atom stereocenters. The molecule has 0 aromatic carbocycles. The predicted octanol–water partition coefficient (Wildman–Crippen LogP) is 2.11. The SMILES string of the molecule is CCCCOC(=O)N1CCC(CC(=O)O)CC1. The molecule has 1 aliphatic rings. The highest BCUT2D eigenvalue weighted by molar-refractivity contribution is 5.68. The van der Waals surface area contributed by atoms with Crippen LogP contribution < -0.4 is 0 Å². The van der Waals surface area contributed by atoms with E-state index >= 15 is 0 Å². The van der Waals surface area contributed by atoms with E-state index in [0.29, 0.717) is 19.7 Å². The maximum absolute atomic E-state index is 11.6. The fraction of sp³-hybridized carbons (Fsp3) is 0.833. The lowest BCUT2D eigenvalue weighted by Gasteiger charge is -2.30. The molecule has 5 nitrogen and oxygen atoms in total. The van der Waals surface area contributed by atoms with Crippen molar-refractivity contribution in [3.63, 3.8) is 0 Å². The summed E-state index contributed by atoms with van der Waals surface area (Å²) in [6, 6.07) is 0. The van der Waals surface area contributed by atoms with Gasteiger partial charge >= 0.3 is 12.1 Å². The van der Waals surface area contributed by atoms with Gasteiger partial charge in [0.2, 0.25) is 0 Å². The molecule has 0 bridgehead atoms. The Bertz CT molecular complexity index is 259. The molecule has 1 amide bonds. The number of carbonyl (C=O) groups is 2. The van der Waals surface area contributed by atoms with Crippen LogP contribution in [0, 0.1) is 5.92 Å². The van der Waals surface area contributed by atoms with E-state index in [2.05, 4.69) is 0 Å². The molecule has 17 heavy (non-hydrogen) atoms. The topological polar surface area (TPSA) is 66.8 Å². The van der Waals surface area contributed by atoms with Gasteiger partial charge in [-0.25, -0.2) is 4.79 Å². The molecule has 0 saturated carbocycles. The van der Waals surface area contributed by atoms with Crippen molar-refractivity contribution in [2.75, 3.05) is 19.7 Å². The number of ether oxygens (including phenoxy) is 1. The average Bonchev–Trinajstić information content (AvgIpc) is 2.29. The second-order valence-corrected chi connectivity index (χ2v) is 4.50. The summed E-state index contributed by atoms with van der Waals surface area (Å²) in [5, 5.41) is 8.68. The van der Waals surface area contributed by atoms with Crippen molar-refractivity contribution in [1.82, 2.24) is 4.90 Å². The van der Waals surface area contributed by atoms with Gasteiger partial charge in [0, 0.05) is 19.5 Å². The molecule has 1 fully saturated rings. The number of rotatable bonds is 5. The van der Waals surface area contributed by atoms with Gasteiger partial charge in [0.05, 0.1) is 6.61 Å². The molecule has 0 aromatic rings. The summed E-state index contributed by atoms with van der Waals surface area (Å²) < 4.78 is 5.11. The number of hydrogen-bond donors (Lipinski definition) is 1. The van der Waals surface area contributed by atoms with Gasteiger partial charge in [-0.15, -0.1) is 0 Å². The summed E-state index contributed by atoms with van der Waals surface area (Å²) in [6.45, 7) is 3.75. The fourth-order valence-electron chi connectivity index (χ4n) is 1.96. The van der Waals surface area contributed by atoms with Gasteiger partial charge in [-0.05, 0) is 25.2 Å². The number of carboxylic acids is 1. The van der Waals surface area contributed by atoms with Gasteiger partial charge in [0.25, 0.3) is 0 Å². The van der Waals surface area contributed by atoms with E-state index < -0.39 is 5.97 Å². The summed E-state index contributed by atoms with van der Waals surface area (Å²) in [5.74, 6) is -0.554. The van der Waals surface area contributed by atoms with E-state index in [4.69, 9.17) is 9.84 Å². The lowest BCUT2D eigenvalue weighted by Crippen LogP contribution is -2.39. The zero-order valence-corrected chi connectivity index (χ0v) is 10.4. The molecule has 98 valence electrons. The highest BCUT2D eigenvalue weighted by atomic mass is 16.6. The van der Waals surface area contributed by atoms with Gasteiger partial charge in [-0.1, -0.05) is 13.3 Å². The molecular weight excluding hydrogens is 222 g/mol. The Morgan fingerprint density at radius 3 is 2.53 bits per heavy atom. The van der Waals surface area contributed by atoms with Crippen molar-refractivity contribution >= 4 is 12.1 Å². The van der Waals surface area contributed by atoms with Crippen LogP contribution in [-0.2, 0) is 9.53 Å². The first-order chi connectivity index (χ1) is 8.13. The van der Waals surface area contributed by atoms with Crippen LogP contribution in [0.15, 0.2) is 0 Å². The smallest absolute Gasteiger partial charge is 0.409 e. The monoisotopic (exact) mass is 243 g/mol. The Hall–Kier alpha value is -1.26. The Kier molecular flexibility index (Phi) is 5.80. The van der Waals surface area contributed by atoms with E-state index in [1.807, 2.05) is 6.92 Å². The minimum atomic E-state index is -0.756. The second kappa shape index (κ2) is 7.14. The van der Waals surface area contributed by atoms with Crippen molar-refractivity contribution in [2.24, 2.45) is 5.92 Å². The number of nitrogens with zero attached hydrogens (tertiary/aromatic N) is 1. The van der Waals surface area contributed by atoms with Crippen LogP contribution in [-0.4, -0.2) is 41.8 Å². The molecule has 0 atom stereocenters. The molecule has 0 spiro atoms. The molecule has 0 radical (unpaired) electrons. The number of aliphatic carboxylic acids is 1. The van der Waals surface area contributed by atoms with E-state index in [0.717, 1.165) is 25.7 Å². The first kappa shape index (κ1) is 13.8. The summed E-state index contributed by atoms with van der Waals surface area (Å²) in [6.07, 6.45) is 3.37. The molecular formula is C12H21NO4. The first-order valence-electron chi connectivity index (χ1n) is 6.27. The van der Waals surface area contributed by atoms with Crippen LogP contribution in [0.5, 0.6) is 0 Å². The van der Waals surface area contributed by atoms with Gasteiger partial charge in [-0.3, -0.25) is 4.79 Å². The number of piperidine rings is 1. The normalized spacial score (nSPS) is 16.9. The molecule has 5 heteroatoms. The quantitative estimate of drug-likeness (QED) is 0.751. The van der Waals surface area contributed by atoms with Crippen LogP contribution in [0.4, 0.5) is 4.79 Å². The number of carbonyl (C=O) groups excluding carboxylic acids is 1. The van der Waals surface area contributed by atoms with E-state index in [1.165, 1.54) is 0 Å². The lowest BCUT2D eigenvalue weighted by atomic mass is 9.94. The summed E-state index contributed by atoms with van der Waals surface area (Å²) >= 11 is 0. The fourth-order valence-corrected chi connectivity index (χ4v) is 1.96. The van der Waals surface area contributed by atoms with Crippen molar-refractivity contribution in [3.8, 4) is 0 Å². The first-order valence-corrected chi connectivity index (χ1v) is 6.27. The van der Waals surface area contributed by atoms with E-state index in [1.54, 1.807) is 4.90 Å². The van der Waals surface area contributed by atoms with Gasteiger partial charge in [0.15, 0.2) is 0 Å². The van der Waals surface area contributed by atoms with Gasteiger partial charge in [0.1, 0.15) is 0 Å². The lowest BCUT2D eigenvalue weighted by molar-refractivity contribution is -0.138.